The molecule has 1 saturated heterocycles. The number of carbonyl (C=O) groups excluding carboxylic acids is 1. The maximum Gasteiger partial charge on any atom is 0.151 e. The van der Waals surface area contributed by atoms with Crippen LogP contribution in [0, 0.1) is 5.82 Å². The molecule has 1 heterocycles. The minimum absolute atomic E-state index is 0.283. The van der Waals surface area contributed by atoms with E-state index in [0.717, 1.165) is 0 Å². The second-order valence-electron chi connectivity index (χ2n) is 3.05. The van der Waals surface area contributed by atoms with E-state index in [4.69, 9.17) is 4.74 Å². The van der Waals surface area contributed by atoms with Crippen LogP contribution in [0.5, 0.6) is 0 Å². The number of rotatable bonds is 3. The monoisotopic (exact) mass is 212 g/mol. The average Bonchev–Trinajstić information content (AvgIpc) is 2.12. The Morgan fingerprint density at radius 2 is 2.29 bits per heavy atom. The van der Waals surface area contributed by atoms with Crippen LogP contribution in [0.25, 0.3) is 0 Å². The first-order valence-corrected chi connectivity index (χ1v) is 5.17. The Kier molecular flexibility index (Phi) is 2.84. The zero-order valence-electron chi connectivity index (χ0n) is 7.40. The highest BCUT2D eigenvalue weighted by Crippen LogP contribution is 2.31. The maximum absolute atomic E-state index is 13.3. The lowest BCUT2D eigenvalue weighted by atomic mass is 10.2. The van der Waals surface area contributed by atoms with Crippen LogP contribution in [0.1, 0.15) is 10.4 Å². The number of halogens is 1. The standard InChI is InChI=1S/C10H9FO2S/c11-9-3-1-2-7(4-12)10(9)14-8-5-13-6-8/h1-4,8H,5-6H2. The molecule has 0 aliphatic carbocycles. The molecule has 74 valence electrons. The highest BCUT2D eigenvalue weighted by Gasteiger charge is 2.22. The fourth-order valence-corrected chi connectivity index (χ4v) is 2.29. The van der Waals surface area contributed by atoms with Gasteiger partial charge < -0.3 is 4.74 Å². The summed E-state index contributed by atoms with van der Waals surface area (Å²) in [4.78, 5) is 11.1. The molecular weight excluding hydrogens is 203 g/mol. The maximum atomic E-state index is 13.3. The smallest absolute Gasteiger partial charge is 0.151 e. The van der Waals surface area contributed by atoms with Crippen LogP contribution in [-0.2, 0) is 4.74 Å². The minimum Gasteiger partial charge on any atom is -0.379 e. The van der Waals surface area contributed by atoms with Crippen molar-refractivity contribution in [2.75, 3.05) is 13.2 Å². The largest absolute Gasteiger partial charge is 0.379 e. The van der Waals surface area contributed by atoms with E-state index in [0.29, 0.717) is 30.0 Å². The Hall–Kier alpha value is -0.870. The van der Waals surface area contributed by atoms with Crippen molar-refractivity contribution in [3.63, 3.8) is 0 Å². The van der Waals surface area contributed by atoms with Crippen molar-refractivity contribution in [1.82, 2.24) is 0 Å². The molecule has 1 aromatic rings. The lowest BCUT2D eigenvalue weighted by Gasteiger charge is -2.25. The van der Waals surface area contributed by atoms with Gasteiger partial charge in [-0.1, -0.05) is 12.1 Å². The Balaban J connectivity index is 2.24. The van der Waals surface area contributed by atoms with Gasteiger partial charge in [0.15, 0.2) is 6.29 Å². The van der Waals surface area contributed by atoms with Gasteiger partial charge in [0.05, 0.1) is 23.4 Å². The molecule has 14 heavy (non-hydrogen) atoms. The molecule has 1 fully saturated rings. The Labute approximate surface area is 85.4 Å². The van der Waals surface area contributed by atoms with Crippen LogP contribution in [0.4, 0.5) is 4.39 Å². The lowest BCUT2D eigenvalue weighted by molar-refractivity contribution is 0.0454. The zero-order valence-corrected chi connectivity index (χ0v) is 8.22. The van der Waals surface area contributed by atoms with E-state index in [9.17, 15) is 9.18 Å². The van der Waals surface area contributed by atoms with Gasteiger partial charge in [-0.3, -0.25) is 4.79 Å². The Morgan fingerprint density at radius 3 is 2.86 bits per heavy atom. The van der Waals surface area contributed by atoms with Crippen LogP contribution in [-0.4, -0.2) is 24.7 Å². The molecule has 1 aliphatic rings. The van der Waals surface area contributed by atoms with Gasteiger partial charge >= 0.3 is 0 Å². The molecule has 0 radical (unpaired) electrons. The topological polar surface area (TPSA) is 26.3 Å². The van der Waals surface area contributed by atoms with E-state index in [1.54, 1.807) is 12.1 Å². The first-order valence-electron chi connectivity index (χ1n) is 4.29. The van der Waals surface area contributed by atoms with Crippen LogP contribution < -0.4 is 0 Å². The van der Waals surface area contributed by atoms with E-state index in [1.165, 1.54) is 17.8 Å². The van der Waals surface area contributed by atoms with E-state index < -0.39 is 0 Å². The van der Waals surface area contributed by atoms with Crippen molar-refractivity contribution in [2.45, 2.75) is 10.1 Å². The first-order chi connectivity index (χ1) is 6.81. The van der Waals surface area contributed by atoms with Gasteiger partial charge in [0.25, 0.3) is 0 Å². The van der Waals surface area contributed by atoms with Gasteiger partial charge in [0.2, 0.25) is 0 Å². The molecule has 0 amide bonds. The first kappa shape index (κ1) is 9.68. The molecule has 0 bridgehead atoms. The summed E-state index contributed by atoms with van der Waals surface area (Å²) in [5.74, 6) is -0.327. The van der Waals surface area contributed by atoms with Gasteiger partial charge in [-0.2, -0.15) is 0 Å². The molecule has 0 spiro atoms. The van der Waals surface area contributed by atoms with Crippen molar-refractivity contribution in [1.29, 1.82) is 0 Å². The van der Waals surface area contributed by atoms with E-state index in [2.05, 4.69) is 0 Å². The average molecular weight is 212 g/mol. The van der Waals surface area contributed by atoms with Crippen molar-refractivity contribution < 1.29 is 13.9 Å². The summed E-state index contributed by atoms with van der Waals surface area (Å²) in [6.45, 7) is 1.27. The highest BCUT2D eigenvalue weighted by molar-refractivity contribution is 8.00. The number of aldehydes is 1. The third-order valence-electron chi connectivity index (χ3n) is 2.02. The van der Waals surface area contributed by atoms with Crippen LogP contribution in [0.2, 0.25) is 0 Å². The zero-order chi connectivity index (χ0) is 9.97. The molecule has 0 unspecified atom stereocenters. The van der Waals surface area contributed by atoms with Crippen LogP contribution >= 0.6 is 11.8 Å². The summed E-state index contributed by atoms with van der Waals surface area (Å²) >= 11 is 1.38. The Morgan fingerprint density at radius 1 is 1.50 bits per heavy atom. The molecule has 2 rings (SSSR count). The van der Waals surface area contributed by atoms with Crippen molar-refractivity contribution in [3.8, 4) is 0 Å². The molecule has 0 N–H and O–H groups in total. The molecular formula is C10H9FO2S. The van der Waals surface area contributed by atoms with Gasteiger partial charge in [-0.25, -0.2) is 4.39 Å². The normalized spacial score (nSPS) is 16.4. The lowest BCUT2D eigenvalue weighted by Crippen LogP contribution is -2.30. The minimum atomic E-state index is -0.327. The molecule has 0 atom stereocenters. The molecule has 4 heteroatoms. The predicted octanol–water partition coefficient (Wildman–Crippen LogP) is 2.13. The van der Waals surface area contributed by atoms with E-state index in [-0.39, 0.29) is 11.1 Å². The third-order valence-corrected chi connectivity index (χ3v) is 3.29. The van der Waals surface area contributed by atoms with Crippen LogP contribution in [0.3, 0.4) is 0 Å². The fourth-order valence-electron chi connectivity index (χ4n) is 1.19. The fraction of sp³-hybridized carbons (Fsp3) is 0.300. The highest BCUT2D eigenvalue weighted by atomic mass is 32.2. The van der Waals surface area contributed by atoms with Gasteiger partial charge in [-0.05, 0) is 6.07 Å². The molecule has 1 aliphatic heterocycles. The molecule has 1 aromatic carbocycles. The molecule has 0 aromatic heterocycles. The molecule has 0 saturated carbocycles. The second kappa shape index (κ2) is 4.11. The Bertz CT molecular complexity index is 350. The van der Waals surface area contributed by atoms with Gasteiger partial charge in [0.1, 0.15) is 5.82 Å². The van der Waals surface area contributed by atoms with E-state index in [1.807, 2.05) is 0 Å². The van der Waals surface area contributed by atoms with E-state index >= 15 is 0 Å². The summed E-state index contributed by atoms with van der Waals surface area (Å²) in [6, 6.07) is 4.53. The number of ether oxygens (including phenoxy) is 1. The number of hydrogen-bond acceptors (Lipinski definition) is 3. The number of carbonyl (C=O) groups is 1. The predicted molar refractivity (Wildman–Crippen MR) is 52.3 cm³/mol. The summed E-state index contributed by atoms with van der Waals surface area (Å²) in [5, 5.41) is 0.283. The number of hydrogen-bond donors (Lipinski definition) is 0. The summed E-state index contributed by atoms with van der Waals surface area (Å²) in [5.41, 5.74) is 0.418. The molecule has 2 nitrogen and oxygen atoms in total. The number of benzene rings is 1. The van der Waals surface area contributed by atoms with Crippen molar-refractivity contribution >= 4 is 18.0 Å². The third kappa shape index (κ3) is 1.81. The summed E-state index contributed by atoms with van der Waals surface area (Å²) in [7, 11) is 0. The summed E-state index contributed by atoms with van der Waals surface area (Å²) < 4.78 is 18.3. The van der Waals surface area contributed by atoms with Crippen molar-refractivity contribution in [2.24, 2.45) is 0 Å². The quantitative estimate of drug-likeness (QED) is 0.718. The second-order valence-corrected chi connectivity index (χ2v) is 4.36. The van der Waals surface area contributed by atoms with Crippen molar-refractivity contribution in [3.05, 3.63) is 29.6 Å². The SMILES string of the molecule is O=Cc1cccc(F)c1SC1COC1. The number of thioether (sulfide) groups is 1. The van der Waals surface area contributed by atoms with Crippen LogP contribution in [0.15, 0.2) is 23.1 Å². The van der Waals surface area contributed by atoms with Gasteiger partial charge in [-0.15, -0.1) is 11.8 Å². The van der Waals surface area contributed by atoms with Gasteiger partial charge in [0, 0.05) is 5.56 Å². The summed E-state index contributed by atoms with van der Waals surface area (Å²) in [6.07, 6.45) is 0.685.